The lowest BCUT2D eigenvalue weighted by Gasteiger charge is -2.22. The number of rotatable bonds is 6. The van der Waals surface area contributed by atoms with E-state index >= 15 is 0 Å². The summed E-state index contributed by atoms with van der Waals surface area (Å²) in [4.78, 5) is 16.1. The molecule has 0 aliphatic heterocycles. The van der Waals surface area contributed by atoms with Gasteiger partial charge in [0, 0.05) is 5.41 Å². The van der Waals surface area contributed by atoms with E-state index in [1.54, 1.807) is 0 Å². The molecule has 96 valence electrons. The fourth-order valence-corrected chi connectivity index (χ4v) is 1.61. The van der Waals surface area contributed by atoms with Crippen molar-refractivity contribution in [1.82, 2.24) is 4.98 Å². The van der Waals surface area contributed by atoms with Crippen LogP contribution in [-0.4, -0.2) is 10.9 Å². The van der Waals surface area contributed by atoms with Crippen LogP contribution in [0.4, 0.5) is 6.01 Å². The zero-order valence-corrected chi connectivity index (χ0v) is 11.2. The monoisotopic (exact) mass is 238 g/mol. The second-order valence-corrected chi connectivity index (χ2v) is 5.09. The van der Waals surface area contributed by atoms with E-state index in [1.165, 1.54) is 6.26 Å². The van der Waals surface area contributed by atoms with Crippen LogP contribution < -0.4 is 5.32 Å². The molecule has 0 bridgehead atoms. The minimum absolute atomic E-state index is 0.0320. The average Bonchev–Trinajstić information content (AvgIpc) is 2.64. The number of carbonyl (C=O) groups is 1. The molecule has 0 aliphatic carbocycles. The number of anilines is 1. The third-order valence-electron chi connectivity index (χ3n) is 2.86. The standard InChI is InChI=1S/C13H22N2O2/c1-5-6-7-8-13(3,4)11(16)15-12-14-10(2)9-17-12/h9H,5-8H2,1-4H3,(H,14,15,16). The van der Waals surface area contributed by atoms with Gasteiger partial charge in [-0.25, -0.2) is 0 Å². The highest BCUT2D eigenvalue weighted by Gasteiger charge is 2.27. The van der Waals surface area contributed by atoms with E-state index in [0.29, 0.717) is 0 Å². The first-order valence-corrected chi connectivity index (χ1v) is 6.19. The molecule has 1 aromatic rings. The summed E-state index contributed by atoms with van der Waals surface area (Å²) in [7, 11) is 0. The summed E-state index contributed by atoms with van der Waals surface area (Å²) < 4.78 is 5.11. The number of unbranched alkanes of at least 4 members (excludes halogenated alkanes) is 2. The van der Waals surface area contributed by atoms with E-state index in [1.807, 2.05) is 20.8 Å². The van der Waals surface area contributed by atoms with Crippen molar-refractivity contribution in [3.05, 3.63) is 12.0 Å². The molecule has 0 spiro atoms. The van der Waals surface area contributed by atoms with Crippen LogP contribution in [0, 0.1) is 12.3 Å². The third-order valence-corrected chi connectivity index (χ3v) is 2.86. The lowest BCUT2D eigenvalue weighted by molar-refractivity contribution is -0.124. The summed E-state index contributed by atoms with van der Waals surface area (Å²) in [5.74, 6) is -0.0320. The van der Waals surface area contributed by atoms with Crippen molar-refractivity contribution in [2.24, 2.45) is 5.41 Å². The van der Waals surface area contributed by atoms with Crippen molar-refractivity contribution >= 4 is 11.9 Å². The first-order chi connectivity index (χ1) is 7.95. The van der Waals surface area contributed by atoms with Crippen molar-refractivity contribution in [3.63, 3.8) is 0 Å². The number of hydrogen-bond acceptors (Lipinski definition) is 3. The van der Waals surface area contributed by atoms with Crippen LogP contribution >= 0.6 is 0 Å². The van der Waals surface area contributed by atoms with Crippen LogP contribution in [-0.2, 0) is 4.79 Å². The van der Waals surface area contributed by atoms with Crippen LogP contribution in [0.1, 0.15) is 52.1 Å². The van der Waals surface area contributed by atoms with E-state index in [0.717, 1.165) is 31.4 Å². The van der Waals surface area contributed by atoms with Gasteiger partial charge in [-0.15, -0.1) is 0 Å². The Kier molecular flexibility index (Phi) is 4.73. The van der Waals surface area contributed by atoms with E-state index in [9.17, 15) is 4.79 Å². The van der Waals surface area contributed by atoms with Crippen LogP contribution in [0.15, 0.2) is 10.7 Å². The lowest BCUT2D eigenvalue weighted by Crippen LogP contribution is -2.30. The van der Waals surface area contributed by atoms with Gasteiger partial charge >= 0.3 is 6.01 Å². The van der Waals surface area contributed by atoms with E-state index in [2.05, 4.69) is 17.2 Å². The van der Waals surface area contributed by atoms with E-state index in [4.69, 9.17) is 4.42 Å². The van der Waals surface area contributed by atoms with Gasteiger partial charge in [-0.2, -0.15) is 4.98 Å². The molecule has 0 aromatic carbocycles. The summed E-state index contributed by atoms with van der Waals surface area (Å²) >= 11 is 0. The Morgan fingerprint density at radius 1 is 1.47 bits per heavy atom. The molecule has 1 heterocycles. The van der Waals surface area contributed by atoms with Crippen LogP contribution in [0.5, 0.6) is 0 Å². The van der Waals surface area contributed by atoms with Gasteiger partial charge in [-0.3, -0.25) is 10.1 Å². The average molecular weight is 238 g/mol. The fraction of sp³-hybridized carbons (Fsp3) is 0.692. The number of amides is 1. The zero-order valence-electron chi connectivity index (χ0n) is 11.2. The maximum Gasteiger partial charge on any atom is 0.301 e. The summed E-state index contributed by atoms with van der Waals surface area (Å²) in [6.45, 7) is 7.88. The van der Waals surface area contributed by atoms with Crippen molar-refractivity contribution in [3.8, 4) is 0 Å². The first-order valence-electron chi connectivity index (χ1n) is 6.19. The Bertz CT molecular complexity index is 369. The summed E-state index contributed by atoms with van der Waals surface area (Å²) in [6, 6.07) is 0.288. The molecule has 1 N–H and O–H groups in total. The molecular formula is C13H22N2O2. The molecule has 0 unspecified atom stereocenters. The zero-order chi connectivity index (χ0) is 12.9. The lowest BCUT2D eigenvalue weighted by atomic mass is 9.86. The number of carbonyl (C=O) groups excluding carboxylic acids is 1. The van der Waals surface area contributed by atoms with Gasteiger partial charge < -0.3 is 4.42 Å². The Hall–Kier alpha value is -1.32. The number of aryl methyl sites for hydroxylation is 1. The maximum absolute atomic E-state index is 12.0. The molecule has 0 saturated heterocycles. The van der Waals surface area contributed by atoms with Crippen molar-refractivity contribution in [2.45, 2.75) is 53.4 Å². The summed E-state index contributed by atoms with van der Waals surface area (Å²) in [5.41, 5.74) is 0.390. The topological polar surface area (TPSA) is 55.1 Å². The minimum atomic E-state index is -0.377. The van der Waals surface area contributed by atoms with Gasteiger partial charge in [-0.1, -0.05) is 40.0 Å². The Morgan fingerprint density at radius 2 is 2.18 bits per heavy atom. The molecule has 1 amide bonds. The molecule has 0 saturated carbocycles. The van der Waals surface area contributed by atoms with Crippen molar-refractivity contribution in [1.29, 1.82) is 0 Å². The maximum atomic E-state index is 12.0. The molecule has 0 radical (unpaired) electrons. The van der Waals surface area contributed by atoms with E-state index < -0.39 is 0 Å². The Balaban J connectivity index is 2.50. The number of oxazole rings is 1. The highest BCUT2D eigenvalue weighted by atomic mass is 16.4. The Morgan fingerprint density at radius 3 is 2.71 bits per heavy atom. The number of hydrogen-bond donors (Lipinski definition) is 1. The predicted octanol–water partition coefficient (Wildman–Crippen LogP) is 3.53. The summed E-state index contributed by atoms with van der Waals surface area (Å²) in [5, 5.41) is 2.71. The fourth-order valence-electron chi connectivity index (χ4n) is 1.61. The second kappa shape index (κ2) is 5.84. The van der Waals surface area contributed by atoms with Gasteiger partial charge in [-0.05, 0) is 13.3 Å². The smallest absolute Gasteiger partial charge is 0.301 e. The van der Waals surface area contributed by atoms with Gasteiger partial charge in [0.1, 0.15) is 6.26 Å². The third kappa shape index (κ3) is 4.21. The van der Waals surface area contributed by atoms with Gasteiger partial charge in [0.25, 0.3) is 0 Å². The second-order valence-electron chi connectivity index (χ2n) is 5.09. The largest absolute Gasteiger partial charge is 0.432 e. The van der Waals surface area contributed by atoms with Gasteiger partial charge in [0.05, 0.1) is 5.69 Å². The molecule has 1 rings (SSSR count). The molecule has 0 fully saturated rings. The summed E-state index contributed by atoms with van der Waals surface area (Å²) in [6.07, 6.45) is 5.80. The van der Waals surface area contributed by atoms with Crippen LogP contribution in [0.2, 0.25) is 0 Å². The van der Waals surface area contributed by atoms with E-state index in [-0.39, 0.29) is 17.3 Å². The van der Waals surface area contributed by atoms with Gasteiger partial charge in [0.2, 0.25) is 5.91 Å². The van der Waals surface area contributed by atoms with Gasteiger partial charge in [0.15, 0.2) is 0 Å². The molecule has 0 aliphatic rings. The van der Waals surface area contributed by atoms with Crippen molar-refractivity contribution < 1.29 is 9.21 Å². The molecular weight excluding hydrogens is 216 g/mol. The molecule has 4 heteroatoms. The quantitative estimate of drug-likeness (QED) is 0.771. The predicted molar refractivity (Wildman–Crippen MR) is 67.8 cm³/mol. The molecule has 0 atom stereocenters. The molecule has 17 heavy (non-hydrogen) atoms. The minimum Gasteiger partial charge on any atom is -0.432 e. The van der Waals surface area contributed by atoms with Crippen molar-refractivity contribution in [2.75, 3.05) is 5.32 Å². The Labute approximate surface area is 103 Å². The molecule has 1 aromatic heterocycles. The normalized spacial score (nSPS) is 11.5. The highest BCUT2D eigenvalue weighted by Crippen LogP contribution is 2.25. The SMILES string of the molecule is CCCCCC(C)(C)C(=O)Nc1nc(C)co1. The number of nitrogens with one attached hydrogen (secondary N) is 1. The molecule has 4 nitrogen and oxygen atoms in total. The van der Waals surface area contributed by atoms with Crippen LogP contribution in [0.25, 0.3) is 0 Å². The van der Waals surface area contributed by atoms with Crippen LogP contribution in [0.3, 0.4) is 0 Å². The highest BCUT2D eigenvalue weighted by molar-refractivity contribution is 5.92. The number of aromatic nitrogens is 1. The number of nitrogens with zero attached hydrogens (tertiary/aromatic N) is 1. The first kappa shape index (κ1) is 13.7.